The van der Waals surface area contributed by atoms with E-state index >= 15 is 0 Å². The van der Waals surface area contributed by atoms with Crippen LogP contribution in [0.2, 0.25) is 0 Å². The van der Waals surface area contributed by atoms with Crippen LogP contribution < -0.4 is 11.1 Å². The zero-order valence-electron chi connectivity index (χ0n) is 18.8. The van der Waals surface area contributed by atoms with Crippen LogP contribution in [0.4, 0.5) is 32.2 Å². The maximum atomic E-state index is 13.2. The first kappa shape index (κ1) is 26.0. The number of alkyl halides is 6. The van der Waals surface area contributed by atoms with Gasteiger partial charge in [-0.2, -0.15) is 26.3 Å². The van der Waals surface area contributed by atoms with E-state index < -0.39 is 23.5 Å². The van der Waals surface area contributed by atoms with Gasteiger partial charge >= 0.3 is 12.4 Å². The van der Waals surface area contributed by atoms with E-state index in [-0.39, 0.29) is 28.9 Å². The Morgan fingerprint density at radius 1 is 0.886 bits per heavy atom. The number of amides is 1. The van der Waals surface area contributed by atoms with Gasteiger partial charge in [0, 0.05) is 36.0 Å². The number of likely N-dealkylation sites (N-methyl/N-ethyl adjacent to an activating group) is 1. The number of nitrogen functional groups attached to an aromatic ring is 1. The SMILES string of the molecule is CN(C)CCNC(=O)c1ccc(-c2cc(-c3cc(C(F)(F)F)cc(C(F)(F)F)c3)cnc2N)cc1. The highest BCUT2D eigenvalue weighted by molar-refractivity contribution is 5.95. The van der Waals surface area contributed by atoms with Crippen LogP contribution in [0.5, 0.6) is 0 Å². The van der Waals surface area contributed by atoms with E-state index in [0.717, 1.165) is 6.20 Å². The average molecular weight is 496 g/mol. The van der Waals surface area contributed by atoms with E-state index in [0.29, 0.717) is 41.9 Å². The fourth-order valence-electron chi connectivity index (χ4n) is 3.28. The number of nitrogens with one attached hydrogen (secondary N) is 1. The fraction of sp³-hybridized carbons (Fsp3) is 0.250. The molecule has 3 aromatic rings. The molecule has 0 saturated heterocycles. The molecule has 3 N–H and O–H groups in total. The number of pyridine rings is 1. The maximum absolute atomic E-state index is 13.2. The lowest BCUT2D eigenvalue weighted by molar-refractivity contribution is -0.143. The first-order valence-corrected chi connectivity index (χ1v) is 10.3. The summed E-state index contributed by atoms with van der Waals surface area (Å²) in [5.74, 6) is -0.262. The molecule has 35 heavy (non-hydrogen) atoms. The van der Waals surface area contributed by atoms with Crippen LogP contribution in [0.3, 0.4) is 0 Å². The molecule has 1 heterocycles. The van der Waals surface area contributed by atoms with Crippen molar-refractivity contribution >= 4 is 11.7 Å². The third kappa shape index (κ3) is 6.50. The Morgan fingerprint density at radius 2 is 1.46 bits per heavy atom. The lowest BCUT2D eigenvalue weighted by Gasteiger charge is -2.15. The number of halogens is 6. The van der Waals surface area contributed by atoms with Crippen molar-refractivity contribution in [3.05, 3.63) is 71.4 Å². The summed E-state index contributed by atoms with van der Waals surface area (Å²) in [5.41, 5.74) is 3.97. The molecule has 186 valence electrons. The number of nitrogens with two attached hydrogens (primary N) is 1. The number of anilines is 1. The minimum absolute atomic E-state index is 0.0244. The summed E-state index contributed by atoms with van der Waals surface area (Å²) in [6.07, 6.45) is -8.83. The summed E-state index contributed by atoms with van der Waals surface area (Å²) in [6.45, 7) is 1.10. The first-order valence-electron chi connectivity index (χ1n) is 10.3. The summed E-state index contributed by atoms with van der Waals surface area (Å²) in [7, 11) is 3.74. The van der Waals surface area contributed by atoms with Crippen molar-refractivity contribution in [2.24, 2.45) is 0 Å². The molecule has 1 aromatic heterocycles. The number of carbonyl (C=O) groups excluding carboxylic acids is 1. The Bertz CT molecular complexity index is 1170. The number of carbonyl (C=O) groups is 1. The molecule has 0 spiro atoms. The Hall–Kier alpha value is -3.60. The standard InChI is InChI=1S/C24H22F6N4O/c1-34(2)8-7-32-22(35)15-5-3-14(4-6-15)20-11-17(13-33-21(20)31)16-9-18(23(25,26)27)12-19(10-16)24(28,29)30/h3-6,9-13H,7-8H2,1-2H3,(H2,31,33)(H,32,35). The van der Waals surface area contributed by atoms with Crippen molar-refractivity contribution in [2.75, 3.05) is 32.9 Å². The summed E-state index contributed by atoms with van der Waals surface area (Å²) < 4.78 is 79.5. The van der Waals surface area contributed by atoms with Gasteiger partial charge in [-0.15, -0.1) is 0 Å². The molecular formula is C24H22F6N4O. The molecule has 5 nitrogen and oxygen atoms in total. The molecule has 2 aromatic carbocycles. The minimum Gasteiger partial charge on any atom is -0.383 e. The molecule has 0 aliphatic heterocycles. The molecule has 0 aliphatic rings. The Morgan fingerprint density at radius 3 is 1.97 bits per heavy atom. The highest BCUT2D eigenvalue weighted by Crippen LogP contribution is 2.39. The molecule has 0 radical (unpaired) electrons. The molecule has 1 amide bonds. The monoisotopic (exact) mass is 496 g/mol. The number of nitrogens with zero attached hydrogens (tertiary/aromatic N) is 2. The third-order valence-electron chi connectivity index (χ3n) is 5.14. The largest absolute Gasteiger partial charge is 0.416 e. The van der Waals surface area contributed by atoms with Crippen molar-refractivity contribution < 1.29 is 31.1 Å². The number of rotatable bonds is 6. The van der Waals surface area contributed by atoms with Gasteiger partial charge in [-0.1, -0.05) is 12.1 Å². The summed E-state index contributed by atoms with van der Waals surface area (Å²) in [4.78, 5) is 18.1. The maximum Gasteiger partial charge on any atom is 0.416 e. The van der Waals surface area contributed by atoms with Crippen LogP contribution in [0.1, 0.15) is 21.5 Å². The Kier molecular flexibility index (Phi) is 7.39. The van der Waals surface area contributed by atoms with Crippen molar-refractivity contribution in [2.45, 2.75) is 12.4 Å². The van der Waals surface area contributed by atoms with Crippen molar-refractivity contribution in [1.82, 2.24) is 15.2 Å². The molecule has 0 aliphatic carbocycles. The van der Waals surface area contributed by atoms with E-state index in [1.807, 2.05) is 19.0 Å². The van der Waals surface area contributed by atoms with E-state index in [1.165, 1.54) is 6.07 Å². The highest BCUT2D eigenvalue weighted by atomic mass is 19.4. The highest BCUT2D eigenvalue weighted by Gasteiger charge is 2.37. The number of hydrogen-bond donors (Lipinski definition) is 2. The molecule has 0 atom stereocenters. The zero-order chi connectivity index (χ0) is 26.0. The second-order valence-corrected chi connectivity index (χ2v) is 8.09. The first-order chi connectivity index (χ1) is 16.3. The van der Waals surface area contributed by atoms with Gasteiger partial charge in [0.05, 0.1) is 11.1 Å². The van der Waals surface area contributed by atoms with Gasteiger partial charge in [0.2, 0.25) is 0 Å². The zero-order valence-corrected chi connectivity index (χ0v) is 18.8. The number of benzene rings is 2. The third-order valence-corrected chi connectivity index (χ3v) is 5.14. The topological polar surface area (TPSA) is 71.2 Å². The van der Waals surface area contributed by atoms with Crippen molar-refractivity contribution in [3.63, 3.8) is 0 Å². The van der Waals surface area contributed by atoms with Crippen LogP contribution in [0, 0.1) is 0 Å². The quantitative estimate of drug-likeness (QED) is 0.453. The van der Waals surface area contributed by atoms with Crippen LogP contribution in [0.15, 0.2) is 54.7 Å². The molecule has 11 heteroatoms. The Balaban J connectivity index is 1.96. The molecule has 0 bridgehead atoms. The fourth-order valence-corrected chi connectivity index (χ4v) is 3.28. The summed E-state index contributed by atoms with van der Waals surface area (Å²) >= 11 is 0. The Labute approximate surface area is 197 Å². The van der Waals surface area contributed by atoms with Gasteiger partial charge in [-0.05, 0) is 61.6 Å². The lowest BCUT2D eigenvalue weighted by Crippen LogP contribution is -2.31. The molecular weight excluding hydrogens is 474 g/mol. The lowest BCUT2D eigenvalue weighted by atomic mass is 9.97. The smallest absolute Gasteiger partial charge is 0.383 e. The van der Waals surface area contributed by atoms with Gasteiger partial charge in [0.1, 0.15) is 5.82 Å². The van der Waals surface area contributed by atoms with E-state index in [9.17, 15) is 31.1 Å². The van der Waals surface area contributed by atoms with Gasteiger partial charge in [0.25, 0.3) is 5.91 Å². The molecule has 0 unspecified atom stereocenters. The van der Waals surface area contributed by atoms with Gasteiger partial charge < -0.3 is 16.0 Å². The van der Waals surface area contributed by atoms with Gasteiger partial charge in [0.15, 0.2) is 0 Å². The minimum atomic E-state index is -4.97. The van der Waals surface area contributed by atoms with E-state index in [1.54, 1.807) is 24.3 Å². The average Bonchev–Trinajstić information content (AvgIpc) is 2.78. The van der Waals surface area contributed by atoms with Crippen LogP contribution in [0.25, 0.3) is 22.3 Å². The van der Waals surface area contributed by atoms with Crippen molar-refractivity contribution in [3.8, 4) is 22.3 Å². The summed E-state index contributed by atoms with van der Waals surface area (Å²) in [5, 5.41) is 2.76. The van der Waals surface area contributed by atoms with E-state index in [4.69, 9.17) is 5.73 Å². The van der Waals surface area contributed by atoms with Crippen LogP contribution >= 0.6 is 0 Å². The molecule has 3 rings (SSSR count). The predicted molar refractivity (Wildman–Crippen MR) is 120 cm³/mol. The second kappa shape index (κ2) is 9.95. The second-order valence-electron chi connectivity index (χ2n) is 8.09. The van der Waals surface area contributed by atoms with Gasteiger partial charge in [-0.3, -0.25) is 4.79 Å². The normalized spacial score (nSPS) is 12.1. The predicted octanol–water partition coefficient (Wildman–Crippen LogP) is 5.33. The van der Waals surface area contributed by atoms with Crippen molar-refractivity contribution in [1.29, 1.82) is 0 Å². The molecule has 0 fully saturated rings. The molecule has 0 saturated carbocycles. The van der Waals surface area contributed by atoms with Crippen LogP contribution in [-0.2, 0) is 12.4 Å². The number of hydrogen-bond acceptors (Lipinski definition) is 4. The van der Waals surface area contributed by atoms with Crippen LogP contribution in [-0.4, -0.2) is 43.0 Å². The van der Waals surface area contributed by atoms with Gasteiger partial charge in [-0.25, -0.2) is 4.98 Å². The number of aromatic nitrogens is 1. The summed E-state index contributed by atoms with van der Waals surface area (Å²) in [6, 6.07) is 8.93. The van der Waals surface area contributed by atoms with E-state index in [2.05, 4.69) is 10.3 Å².